The number of rotatable bonds is 6. The van der Waals surface area contributed by atoms with Crippen LogP contribution >= 0.6 is 0 Å². The van der Waals surface area contributed by atoms with Gasteiger partial charge in [0, 0.05) is 4.91 Å². The van der Waals surface area contributed by atoms with Crippen molar-refractivity contribution < 1.29 is 8.42 Å². The number of hydrogen-bond acceptors (Lipinski definition) is 2. The van der Waals surface area contributed by atoms with Gasteiger partial charge >= 0.3 is 0 Å². The van der Waals surface area contributed by atoms with Gasteiger partial charge in [0.05, 0.1) is 4.90 Å². The zero-order valence-electron chi connectivity index (χ0n) is 11.5. The number of unbranched alkanes of at least 4 members (excludes halogenated alkanes) is 2. The third-order valence-corrected chi connectivity index (χ3v) is 5.68. The molecule has 1 atom stereocenters. The summed E-state index contributed by atoms with van der Waals surface area (Å²) >= 11 is 0. The van der Waals surface area contributed by atoms with Gasteiger partial charge in [0.2, 0.25) is 9.84 Å². The first-order chi connectivity index (χ1) is 9.14. The Balaban J connectivity index is 2.08. The number of benzene rings is 1. The van der Waals surface area contributed by atoms with Crippen molar-refractivity contribution in [1.82, 2.24) is 0 Å². The van der Waals surface area contributed by atoms with Crippen molar-refractivity contribution >= 4 is 9.84 Å². The molecule has 0 amide bonds. The average molecular weight is 278 g/mol. The van der Waals surface area contributed by atoms with Crippen molar-refractivity contribution in [3.63, 3.8) is 0 Å². The Bertz CT molecular complexity index is 529. The second kappa shape index (κ2) is 6.38. The molecule has 0 spiro atoms. The quantitative estimate of drug-likeness (QED) is 0.726. The molecule has 0 aromatic heterocycles. The molecule has 0 fully saturated rings. The maximum atomic E-state index is 12.4. The van der Waals surface area contributed by atoms with Crippen LogP contribution < -0.4 is 0 Å². The van der Waals surface area contributed by atoms with Gasteiger partial charge in [-0.3, -0.25) is 0 Å². The lowest BCUT2D eigenvalue weighted by atomic mass is 10.0. The molecule has 1 aromatic rings. The Morgan fingerprint density at radius 2 is 1.89 bits per heavy atom. The van der Waals surface area contributed by atoms with Gasteiger partial charge in [0.1, 0.15) is 0 Å². The van der Waals surface area contributed by atoms with Crippen LogP contribution in [0.25, 0.3) is 0 Å². The van der Waals surface area contributed by atoms with E-state index < -0.39 is 9.84 Å². The van der Waals surface area contributed by atoms with Crippen LogP contribution in [0.15, 0.2) is 46.2 Å². The molecule has 0 radical (unpaired) electrons. The minimum atomic E-state index is -3.24. The molecule has 0 saturated carbocycles. The Morgan fingerprint density at radius 1 is 1.16 bits per heavy atom. The van der Waals surface area contributed by atoms with Gasteiger partial charge in [-0.15, -0.1) is 0 Å². The number of sulfone groups is 1. The topological polar surface area (TPSA) is 34.1 Å². The first kappa shape index (κ1) is 14.3. The van der Waals surface area contributed by atoms with E-state index in [0.717, 1.165) is 12.8 Å². The van der Waals surface area contributed by atoms with Crippen molar-refractivity contribution in [3.8, 4) is 0 Å². The van der Waals surface area contributed by atoms with Crippen LogP contribution in [0, 0.1) is 5.92 Å². The molecule has 3 heteroatoms. The van der Waals surface area contributed by atoms with E-state index in [1.165, 1.54) is 19.3 Å². The third kappa shape index (κ3) is 3.47. The predicted octanol–water partition coefficient (Wildman–Crippen LogP) is 4.33. The van der Waals surface area contributed by atoms with Crippen molar-refractivity contribution in [3.05, 3.63) is 41.3 Å². The van der Waals surface area contributed by atoms with Crippen LogP contribution in [0.2, 0.25) is 0 Å². The van der Waals surface area contributed by atoms with Crippen LogP contribution in [-0.4, -0.2) is 8.42 Å². The summed E-state index contributed by atoms with van der Waals surface area (Å²) in [5.74, 6) is 0.458. The lowest BCUT2D eigenvalue weighted by Crippen LogP contribution is -2.02. The van der Waals surface area contributed by atoms with Crippen LogP contribution in [0.5, 0.6) is 0 Å². The zero-order chi connectivity index (χ0) is 13.7. The van der Waals surface area contributed by atoms with Gasteiger partial charge in [0.15, 0.2) is 0 Å². The van der Waals surface area contributed by atoms with Gasteiger partial charge < -0.3 is 0 Å². The Hall–Kier alpha value is -1.09. The fraction of sp³-hybridized carbons (Fsp3) is 0.500. The first-order valence-electron chi connectivity index (χ1n) is 7.15. The first-order valence-corrected chi connectivity index (χ1v) is 8.63. The lowest BCUT2D eigenvalue weighted by molar-refractivity contribution is 0.531. The van der Waals surface area contributed by atoms with E-state index in [9.17, 15) is 8.42 Å². The molecule has 1 unspecified atom stereocenters. The highest BCUT2D eigenvalue weighted by Gasteiger charge is 2.26. The van der Waals surface area contributed by atoms with Gasteiger partial charge in [-0.1, -0.05) is 50.5 Å². The molecule has 1 aliphatic rings. The maximum Gasteiger partial charge on any atom is 0.202 e. The minimum Gasteiger partial charge on any atom is -0.219 e. The third-order valence-electron chi connectivity index (χ3n) is 3.76. The molecule has 1 aliphatic carbocycles. The summed E-state index contributed by atoms with van der Waals surface area (Å²) in [6, 6.07) is 8.76. The van der Waals surface area contributed by atoms with Crippen molar-refractivity contribution in [2.75, 3.05) is 0 Å². The smallest absolute Gasteiger partial charge is 0.202 e. The van der Waals surface area contributed by atoms with Gasteiger partial charge in [-0.2, -0.15) is 0 Å². The second-order valence-corrected chi connectivity index (χ2v) is 7.25. The van der Waals surface area contributed by atoms with Crippen molar-refractivity contribution in [2.24, 2.45) is 5.92 Å². The van der Waals surface area contributed by atoms with E-state index in [-0.39, 0.29) is 0 Å². The highest BCUT2D eigenvalue weighted by atomic mass is 32.2. The highest BCUT2D eigenvalue weighted by Crippen LogP contribution is 2.34. The summed E-state index contributed by atoms with van der Waals surface area (Å²) in [5.41, 5.74) is 0. The summed E-state index contributed by atoms with van der Waals surface area (Å²) in [5, 5.41) is 0. The second-order valence-electron chi connectivity index (χ2n) is 5.24. The molecule has 1 aromatic carbocycles. The number of hydrogen-bond donors (Lipinski definition) is 0. The average Bonchev–Trinajstić information content (AvgIpc) is 2.90. The Kier molecular flexibility index (Phi) is 4.81. The zero-order valence-corrected chi connectivity index (χ0v) is 12.3. The van der Waals surface area contributed by atoms with Crippen LogP contribution in [-0.2, 0) is 9.84 Å². The van der Waals surface area contributed by atoms with Crippen molar-refractivity contribution in [2.45, 2.75) is 50.3 Å². The lowest BCUT2D eigenvalue weighted by Gasteiger charge is -2.05. The molecular weight excluding hydrogens is 256 g/mol. The fourth-order valence-electron chi connectivity index (χ4n) is 2.62. The summed E-state index contributed by atoms with van der Waals surface area (Å²) in [4.78, 5) is 1.05. The molecule has 0 saturated heterocycles. The fourth-order valence-corrected chi connectivity index (χ4v) is 4.19. The molecule has 0 N–H and O–H groups in total. The van der Waals surface area contributed by atoms with E-state index in [0.29, 0.717) is 22.1 Å². The molecule has 0 bridgehead atoms. The van der Waals surface area contributed by atoms with Crippen LogP contribution in [0.4, 0.5) is 0 Å². The van der Waals surface area contributed by atoms with E-state index >= 15 is 0 Å². The van der Waals surface area contributed by atoms with Crippen LogP contribution in [0.3, 0.4) is 0 Å². The monoisotopic (exact) mass is 278 g/mol. The molecule has 0 aliphatic heterocycles. The SMILES string of the molecule is CCCCCC1C=C(S(=O)(=O)c2ccccc2)CC1. The van der Waals surface area contributed by atoms with Gasteiger partial charge in [-0.05, 0) is 37.3 Å². The van der Waals surface area contributed by atoms with Gasteiger partial charge in [-0.25, -0.2) is 8.42 Å². The molecular formula is C16H22O2S. The Morgan fingerprint density at radius 3 is 2.58 bits per heavy atom. The summed E-state index contributed by atoms with van der Waals surface area (Å²) in [6.45, 7) is 2.19. The van der Waals surface area contributed by atoms with E-state index in [1.807, 2.05) is 12.1 Å². The van der Waals surface area contributed by atoms with Gasteiger partial charge in [0.25, 0.3) is 0 Å². The highest BCUT2D eigenvalue weighted by molar-refractivity contribution is 7.95. The number of allylic oxidation sites excluding steroid dienone is 2. The van der Waals surface area contributed by atoms with E-state index in [1.54, 1.807) is 24.3 Å². The predicted molar refractivity (Wildman–Crippen MR) is 78.6 cm³/mol. The standard InChI is InChI=1S/C16H22O2S/c1-2-3-5-8-14-11-12-16(13-14)19(17,18)15-9-6-4-7-10-15/h4,6-7,9-10,13-14H,2-3,5,8,11-12H2,1H3. The minimum absolute atomic E-state index is 0.426. The molecule has 2 nitrogen and oxygen atoms in total. The molecule has 0 heterocycles. The molecule has 104 valence electrons. The Labute approximate surface area is 116 Å². The molecule has 2 rings (SSSR count). The van der Waals surface area contributed by atoms with Crippen LogP contribution in [0.1, 0.15) is 45.4 Å². The normalized spacial score (nSPS) is 19.4. The summed E-state index contributed by atoms with van der Waals surface area (Å²) < 4.78 is 24.9. The van der Waals surface area contributed by atoms with E-state index in [4.69, 9.17) is 0 Å². The summed E-state index contributed by atoms with van der Waals surface area (Å²) in [6.07, 6.45) is 8.48. The largest absolute Gasteiger partial charge is 0.219 e. The summed E-state index contributed by atoms with van der Waals surface area (Å²) in [7, 11) is -3.24. The van der Waals surface area contributed by atoms with Crippen molar-refractivity contribution in [1.29, 1.82) is 0 Å². The maximum absolute atomic E-state index is 12.4. The van der Waals surface area contributed by atoms with E-state index in [2.05, 4.69) is 6.92 Å². The molecule has 19 heavy (non-hydrogen) atoms.